The zero-order chi connectivity index (χ0) is 15.6. The van der Waals surface area contributed by atoms with Crippen molar-refractivity contribution < 1.29 is 19.2 Å². The van der Waals surface area contributed by atoms with Crippen LogP contribution in [0.1, 0.15) is 27.0 Å². The van der Waals surface area contributed by atoms with E-state index in [0.29, 0.717) is 13.2 Å². The molecule has 1 amide bonds. The van der Waals surface area contributed by atoms with Crippen molar-refractivity contribution in [3.05, 3.63) is 22.5 Å². The van der Waals surface area contributed by atoms with E-state index in [1.807, 2.05) is 0 Å². The van der Waals surface area contributed by atoms with Crippen molar-refractivity contribution >= 4 is 11.8 Å². The topological polar surface area (TPSA) is 99.7 Å². The van der Waals surface area contributed by atoms with Crippen molar-refractivity contribution in [2.75, 3.05) is 19.7 Å². The summed E-state index contributed by atoms with van der Waals surface area (Å²) in [5, 5.41) is 14.6. The number of hydrogen-bond acceptors (Lipinski definition) is 6. The van der Waals surface area contributed by atoms with Gasteiger partial charge in [-0.05, 0) is 20.8 Å². The summed E-state index contributed by atoms with van der Waals surface area (Å²) in [4.78, 5) is 23.6. The van der Waals surface area contributed by atoms with Gasteiger partial charge in [-0.2, -0.15) is 5.10 Å². The van der Waals surface area contributed by atoms with E-state index in [9.17, 15) is 14.9 Å². The Labute approximate surface area is 121 Å². The smallest absolute Gasteiger partial charge is 0.410 e. The molecule has 1 aromatic heterocycles. The molecular weight excluding hydrogens is 280 g/mol. The van der Waals surface area contributed by atoms with Crippen LogP contribution in [0.2, 0.25) is 0 Å². The largest absolute Gasteiger partial charge is 0.444 e. The standard InChI is InChI=1S/C12H18N4O5/c1-12(2,3)21-11(17)14-4-5-20-10(8-14)15-7-9(6-13-15)16(18)19/h6-7,10H,4-5,8H2,1-3H3. The summed E-state index contributed by atoms with van der Waals surface area (Å²) in [6.45, 7) is 6.33. The Balaban J connectivity index is 2.03. The minimum absolute atomic E-state index is 0.118. The summed E-state index contributed by atoms with van der Waals surface area (Å²) in [7, 11) is 0. The lowest BCUT2D eigenvalue weighted by atomic mass is 10.2. The second-order valence-corrected chi connectivity index (χ2v) is 5.69. The van der Waals surface area contributed by atoms with Crippen molar-refractivity contribution in [1.29, 1.82) is 0 Å². The maximum absolute atomic E-state index is 12.0. The van der Waals surface area contributed by atoms with Crippen LogP contribution < -0.4 is 0 Å². The highest BCUT2D eigenvalue weighted by molar-refractivity contribution is 5.68. The van der Waals surface area contributed by atoms with Crippen LogP contribution >= 0.6 is 0 Å². The van der Waals surface area contributed by atoms with Gasteiger partial charge < -0.3 is 14.4 Å². The number of morpholine rings is 1. The zero-order valence-electron chi connectivity index (χ0n) is 12.2. The third-order valence-electron chi connectivity index (χ3n) is 2.79. The Morgan fingerprint density at radius 2 is 2.29 bits per heavy atom. The molecule has 2 heterocycles. The van der Waals surface area contributed by atoms with E-state index in [-0.39, 0.29) is 12.2 Å². The van der Waals surface area contributed by atoms with E-state index < -0.39 is 22.8 Å². The van der Waals surface area contributed by atoms with E-state index in [1.165, 1.54) is 15.8 Å². The molecule has 1 aliphatic heterocycles. The van der Waals surface area contributed by atoms with E-state index in [4.69, 9.17) is 9.47 Å². The molecule has 1 fully saturated rings. The first kappa shape index (κ1) is 15.2. The van der Waals surface area contributed by atoms with Crippen molar-refractivity contribution in [2.24, 2.45) is 0 Å². The van der Waals surface area contributed by atoms with Crippen LogP contribution in [0.5, 0.6) is 0 Å². The molecule has 0 aliphatic carbocycles. The molecule has 0 saturated carbocycles. The van der Waals surface area contributed by atoms with Gasteiger partial charge in [-0.25, -0.2) is 9.48 Å². The van der Waals surface area contributed by atoms with Gasteiger partial charge >= 0.3 is 11.8 Å². The minimum Gasteiger partial charge on any atom is -0.444 e. The number of aromatic nitrogens is 2. The van der Waals surface area contributed by atoms with Crippen LogP contribution in [0.15, 0.2) is 12.4 Å². The van der Waals surface area contributed by atoms with Gasteiger partial charge in [-0.1, -0.05) is 0 Å². The summed E-state index contributed by atoms with van der Waals surface area (Å²) < 4.78 is 12.1. The lowest BCUT2D eigenvalue weighted by molar-refractivity contribution is -0.385. The van der Waals surface area contributed by atoms with Crippen LogP contribution in [0, 0.1) is 10.1 Å². The first-order valence-corrected chi connectivity index (χ1v) is 6.54. The fourth-order valence-electron chi connectivity index (χ4n) is 1.86. The second kappa shape index (κ2) is 5.68. The molecule has 9 heteroatoms. The molecular formula is C12H18N4O5. The molecule has 0 bridgehead atoms. The Morgan fingerprint density at radius 3 is 2.86 bits per heavy atom. The Kier molecular flexibility index (Phi) is 4.12. The lowest BCUT2D eigenvalue weighted by Gasteiger charge is -2.34. The summed E-state index contributed by atoms with van der Waals surface area (Å²) in [5.41, 5.74) is -0.692. The molecule has 1 saturated heterocycles. The number of nitrogens with zero attached hydrogens (tertiary/aromatic N) is 4. The number of amides is 1. The lowest BCUT2D eigenvalue weighted by Crippen LogP contribution is -2.46. The Hall–Kier alpha value is -2.16. The molecule has 1 aromatic rings. The van der Waals surface area contributed by atoms with E-state index in [0.717, 1.165) is 6.20 Å². The monoisotopic (exact) mass is 298 g/mol. The highest BCUT2D eigenvalue weighted by Crippen LogP contribution is 2.20. The van der Waals surface area contributed by atoms with E-state index >= 15 is 0 Å². The van der Waals surface area contributed by atoms with Gasteiger partial charge in [0.05, 0.1) is 18.1 Å². The molecule has 0 aromatic carbocycles. The SMILES string of the molecule is CC(C)(C)OC(=O)N1CCOC(n2cc([N+](=O)[O-])cn2)C1. The van der Waals surface area contributed by atoms with Crippen molar-refractivity contribution in [3.63, 3.8) is 0 Å². The highest BCUT2D eigenvalue weighted by atomic mass is 16.6. The van der Waals surface area contributed by atoms with Crippen LogP contribution in [-0.4, -0.2) is 51.0 Å². The predicted molar refractivity (Wildman–Crippen MR) is 71.7 cm³/mol. The maximum atomic E-state index is 12.0. The molecule has 2 rings (SSSR count). The van der Waals surface area contributed by atoms with Crippen molar-refractivity contribution in [1.82, 2.24) is 14.7 Å². The number of ether oxygens (including phenoxy) is 2. The van der Waals surface area contributed by atoms with Crippen LogP contribution in [-0.2, 0) is 9.47 Å². The number of hydrogen-bond donors (Lipinski definition) is 0. The quantitative estimate of drug-likeness (QED) is 0.606. The number of carbonyl (C=O) groups is 1. The van der Waals surface area contributed by atoms with Crippen molar-refractivity contribution in [2.45, 2.75) is 32.6 Å². The van der Waals surface area contributed by atoms with Gasteiger partial charge in [0.1, 0.15) is 18.0 Å². The van der Waals surface area contributed by atoms with E-state index in [1.54, 1.807) is 20.8 Å². The Morgan fingerprint density at radius 1 is 1.57 bits per heavy atom. The number of rotatable bonds is 2. The highest BCUT2D eigenvalue weighted by Gasteiger charge is 2.29. The first-order chi connectivity index (χ1) is 9.76. The molecule has 0 radical (unpaired) electrons. The van der Waals surface area contributed by atoms with Crippen LogP contribution in [0.3, 0.4) is 0 Å². The Bertz CT molecular complexity index is 536. The number of nitro groups is 1. The summed E-state index contributed by atoms with van der Waals surface area (Å²) >= 11 is 0. The molecule has 1 aliphatic rings. The summed E-state index contributed by atoms with van der Waals surface area (Å²) in [6, 6.07) is 0. The minimum atomic E-state index is -0.574. The molecule has 1 atom stereocenters. The average Bonchev–Trinajstić information content (AvgIpc) is 2.86. The molecule has 116 valence electrons. The fourth-order valence-corrected chi connectivity index (χ4v) is 1.86. The maximum Gasteiger partial charge on any atom is 0.410 e. The molecule has 0 N–H and O–H groups in total. The second-order valence-electron chi connectivity index (χ2n) is 5.69. The predicted octanol–water partition coefficient (Wildman–Crippen LogP) is 1.56. The third kappa shape index (κ3) is 3.91. The van der Waals surface area contributed by atoms with Crippen molar-refractivity contribution in [3.8, 4) is 0 Å². The van der Waals surface area contributed by atoms with Gasteiger partial charge in [0.2, 0.25) is 0 Å². The first-order valence-electron chi connectivity index (χ1n) is 6.54. The molecule has 0 spiro atoms. The normalized spacial score (nSPS) is 19.4. The van der Waals surface area contributed by atoms with Gasteiger partial charge in [0.15, 0.2) is 6.23 Å². The molecule has 9 nitrogen and oxygen atoms in total. The summed E-state index contributed by atoms with van der Waals surface area (Å²) in [6.07, 6.45) is 1.44. The molecule has 21 heavy (non-hydrogen) atoms. The van der Waals surface area contributed by atoms with Gasteiger partial charge in [-0.15, -0.1) is 0 Å². The van der Waals surface area contributed by atoms with Crippen LogP contribution in [0.4, 0.5) is 10.5 Å². The molecule has 1 unspecified atom stereocenters. The van der Waals surface area contributed by atoms with Gasteiger partial charge in [0, 0.05) is 6.54 Å². The van der Waals surface area contributed by atoms with Gasteiger partial charge in [-0.3, -0.25) is 10.1 Å². The number of carbonyl (C=O) groups excluding carboxylic acids is 1. The zero-order valence-corrected chi connectivity index (χ0v) is 12.2. The average molecular weight is 298 g/mol. The third-order valence-corrected chi connectivity index (χ3v) is 2.79. The van der Waals surface area contributed by atoms with Gasteiger partial charge in [0.25, 0.3) is 0 Å². The summed E-state index contributed by atoms with van der Waals surface area (Å²) in [5.74, 6) is 0. The van der Waals surface area contributed by atoms with E-state index in [2.05, 4.69) is 5.10 Å². The van der Waals surface area contributed by atoms with Crippen LogP contribution in [0.25, 0.3) is 0 Å². The fraction of sp³-hybridized carbons (Fsp3) is 0.667.